The molecule has 1 rings (SSSR count). The number of hydrogen-bond acceptors (Lipinski definition) is 3. The molecular weight excluding hydrogens is 188 g/mol. The highest BCUT2D eigenvalue weighted by Gasteiger charge is 2.27. The maximum Gasteiger partial charge on any atom is 0.0852 e. The third kappa shape index (κ3) is 3.44. The molecule has 0 aromatic heterocycles. The monoisotopic (exact) mass is 214 g/mol. The molecule has 3 nitrogen and oxygen atoms in total. The minimum Gasteiger partial charge on any atom is -0.374 e. The maximum absolute atomic E-state index is 5.79. The Morgan fingerprint density at radius 3 is 2.40 bits per heavy atom. The topological polar surface area (TPSA) is 24.5 Å². The lowest BCUT2D eigenvalue weighted by Gasteiger charge is -2.39. The van der Waals surface area contributed by atoms with E-state index < -0.39 is 0 Å². The van der Waals surface area contributed by atoms with E-state index in [1.54, 1.807) is 0 Å². The zero-order chi connectivity index (χ0) is 11.4. The summed E-state index contributed by atoms with van der Waals surface area (Å²) in [6.07, 6.45) is 0.338. The van der Waals surface area contributed by atoms with Gasteiger partial charge in [0.2, 0.25) is 0 Å². The Morgan fingerprint density at radius 2 is 1.93 bits per heavy atom. The largest absolute Gasteiger partial charge is 0.374 e. The number of morpholine rings is 1. The lowest BCUT2D eigenvalue weighted by molar-refractivity contribution is -0.0322. The molecule has 0 aromatic rings. The van der Waals surface area contributed by atoms with E-state index in [0.29, 0.717) is 24.1 Å². The molecule has 0 amide bonds. The smallest absolute Gasteiger partial charge is 0.0852 e. The van der Waals surface area contributed by atoms with Crippen LogP contribution >= 0.6 is 0 Å². The highest BCUT2D eigenvalue weighted by molar-refractivity contribution is 4.82. The summed E-state index contributed by atoms with van der Waals surface area (Å²) in [5.74, 6) is 0.689. The minimum atomic E-state index is 0.338. The van der Waals surface area contributed by atoms with E-state index in [4.69, 9.17) is 4.74 Å². The van der Waals surface area contributed by atoms with Crippen LogP contribution in [0, 0.1) is 5.92 Å². The fourth-order valence-corrected chi connectivity index (χ4v) is 2.00. The Bertz CT molecular complexity index is 178. The molecule has 0 radical (unpaired) electrons. The summed E-state index contributed by atoms with van der Waals surface area (Å²) in [5.41, 5.74) is 0. The number of rotatable bonds is 4. The molecule has 0 bridgehead atoms. The summed E-state index contributed by atoms with van der Waals surface area (Å²) in [6.45, 7) is 11.9. The van der Waals surface area contributed by atoms with E-state index in [0.717, 1.165) is 19.7 Å². The van der Waals surface area contributed by atoms with Crippen molar-refractivity contribution in [2.45, 2.75) is 45.9 Å². The van der Waals surface area contributed by atoms with Crippen LogP contribution in [0.5, 0.6) is 0 Å². The number of hydrogen-bond donors (Lipinski definition) is 1. The van der Waals surface area contributed by atoms with Crippen LogP contribution in [0.25, 0.3) is 0 Å². The van der Waals surface area contributed by atoms with Crippen LogP contribution < -0.4 is 5.32 Å². The van der Waals surface area contributed by atoms with Gasteiger partial charge in [-0.05, 0) is 26.8 Å². The molecule has 1 fully saturated rings. The van der Waals surface area contributed by atoms with E-state index in [1.807, 2.05) is 0 Å². The van der Waals surface area contributed by atoms with Gasteiger partial charge >= 0.3 is 0 Å². The molecule has 90 valence electrons. The second kappa shape index (κ2) is 5.83. The van der Waals surface area contributed by atoms with Gasteiger partial charge in [-0.1, -0.05) is 13.8 Å². The number of nitrogens with one attached hydrogen (secondary N) is 1. The van der Waals surface area contributed by atoms with Crippen LogP contribution in [0.4, 0.5) is 0 Å². The zero-order valence-electron chi connectivity index (χ0n) is 10.8. The molecular formula is C12H26N2O. The number of nitrogens with zero attached hydrogens (tertiary/aromatic N) is 1. The highest BCUT2D eigenvalue weighted by Crippen LogP contribution is 2.15. The molecule has 1 aliphatic rings. The highest BCUT2D eigenvalue weighted by atomic mass is 16.5. The van der Waals surface area contributed by atoms with E-state index >= 15 is 0 Å². The Balaban J connectivity index is 2.46. The first-order valence-electron chi connectivity index (χ1n) is 6.08. The maximum atomic E-state index is 5.79. The Hall–Kier alpha value is -0.120. The van der Waals surface area contributed by atoms with Crippen LogP contribution in [0.15, 0.2) is 0 Å². The van der Waals surface area contributed by atoms with Crippen molar-refractivity contribution in [2.75, 3.05) is 26.7 Å². The third-order valence-corrected chi connectivity index (χ3v) is 3.74. The Morgan fingerprint density at radius 1 is 1.27 bits per heavy atom. The van der Waals surface area contributed by atoms with Gasteiger partial charge < -0.3 is 10.1 Å². The molecule has 0 aliphatic carbocycles. The Kier molecular flexibility index (Phi) is 5.03. The van der Waals surface area contributed by atoms with E-state index in [-0.39, 0.29) is 0 Å². The van der Waals surface area contributed by atoms with Gasteiger partial charge in [-0.3, -0.25) is 4.90 Å². The Labute approximate surface area is 94.2 Å². The minimum absolute atomic E-state index is 0.338. The van der Waals surface area contributed by atoms with Crippen molar-refractivity contribution in [1.82, 2.24) is 10.2 Å². The second-order valence-corrected chi connectivity index (χ2v) is 5.00. The fraction of sp³-hybridized carbons (Fsp3) is 1.00. The number of likely N-dealkylation sites (N-methyl/N-ethyl adjacent to an activating group) is 1. The van der Waals surface area contributed by atoms with Gasteiger partial charge in [-0.25, -0.2) is 0 Å². The van der Waals surface area contributed by atoms with Crippen molar-refractivity contribution in [2.24, 2.45) is 5.92 Å². The number of ether oxygens (including phenoxy) is 1. The molecule has 3 heteroatoms. The second-order valence-electron chi connectivity index (χ2n) is 5.00. The van der Waals surface area contributed by atoms with Crippen molar-refractivity contribution in [3.05, 3.63) is 0 Å². The average Bonchev–Trinajstić information content (AvgIpc) is 2.27. The van der Waals surface area contributed by atoms with Gasteiger partial charge in [0.25, 0.3) is 0 Å². The molecule has 1 aliphatic heterocycles. The molecule has 15 heavy (non-hydrogen) atoms. The van der Waals surface area contributed by atoms with Crippen molar-refractivity contribution < 1.29 is 4.74 Å². The van der Waals surface area contributed by atoms with E-state index in [1.165, 1.54) is 0 Å². The van der Waals surface area contributed by atoms with Crippen LogP contribution in [0.2, 0.25) is 0 Å². The first kappa shape index (κ1) is 12.9. The van der Waals surface area contributed by atoms with Crippen LogP contribution in [0.1, 0.15) is 27.7 Å². The molecule has 0 aromatic carbocycles. The van der Waals surface area contributed by atoms with Crippen LogP contribution in [-0.4, -0.2) is 49.8 Å². The van der Waals surface area contributed by atoms with Gasteiger partial charge in [0.05, 0.1) is 12.7 Å². The summed E-state index contributed by atoms with van der Waals surface area (Å²) in [5, 5.41) is 3.39. The first-order chi connectivity index (χ1) is 7.04. The zero-order valence-corrected chi connectivity index (χ0v) is 10.8. The summed E-state index contributed by atoms with van der Waals surface area (Å²) in [7, 11) is 2.20. The average molecular weight is 214 g/mol. The van der Waals surface area contributed by atoms with Crippen molar-refractivity contribution in [3.8, 4) is 0 Å². The summed E-state index contributed by atoms with van der Waals surface area (Å²) in [4.78, 5) is 2.43. The van der Waals surface area contributed by atoms with Crippen LogP contribution in [0.3, 0.4) is 0 Å². The fourth-order valence-electron chi connectivity index (χ4n) is 2.00. The van der Waals surface area contributed by atoms with Crippen molar-refractivity contribution in [3.63, 3.8) is 0 Å². The van der Waals surface area contributed by atoms with Crippen molar-refractivity contribution >= 4 is 0 Å². The summed E-state index contributed by atoms with van der Waals surface area (Å²) in [6, 6.07) is 1.08. The molecule has 1 heterocycles. The van der Waals surface area contributed by atoms with Gasteiger partial charge in [0, 0.05) is 25.2 Å². The standard InChI is InChI=1S/C12H26N2O/c1-9(2)10(3)14(5)11(4)12-8-13-6-7-15-12/h9-13H,6-8H2,1-5H3. The SMILES string of the molecule is CC(C)C(C)N(C)C(C)C1CNCCO1. The molecule has 1 saturated heterocycles. The molecule has 1 N–H and O–H groups in total. The van der Waals surface area contributed by atoms with Gasteiger partial charge in [0.15, 0.2) is 0 Å². The predicted molar refractivity (Wildman–Crippen MR) is 64.1 cm³/mol. The lowest BCUT2D eigenvalue weighted by atomic mass is 10.0. The van der Waals surface area contributed by atoms with E-state index in [9.17, 15) is 0 Å². The lowest BCUT2D eigenvalue weighted by Crippen LogP contribution is -2.52. The molecule has 3 atom stereocenters. The molecule has 3 unspecified atom stereocenters. The van der Waals surface area contributed by atoms with Gasteiger partial charge in [0.1, 0.15) is 0 Å². The summed E-state index contributed by atoms with van der Waals surface area (Å²) < 4.78 is 5.79. The van der Waals surface area contributed by atoms with Crippen molar-refractivity contribution in [1.29, 1.82) is 0 Å². The van der Waals surface area contributed by atoms with Crippen LogP contribution in [-0.2, 0) is 4.74 Å². The van der Waals surface area contributed by atoms with Gasteiger partial charge in [-0.15, -0.1) is 0 Å². The third-order valence-electron chi connectivity index (χ3n) is 3.74. The predicted octanol–water partition coefficient (Wildman–Crippen LogP) is 1.34. The van der Waals surface area contributed by atoms with Gasteiger partial charge in [-0.2, -0.15) is 0 Å². The molecule has 0 spiro atoms. The summed E-state index contributed by atoms with van der Waals surface area (Å²) >= 11 is 0. The normalized spacial score (nSPS) is 27.0. The first-order valence-corrected chi connectivity index (χ1v) is 6.08. The quantitative estimate of drug-likeness (QED) is 0.764. The van der Waals surface area contributed by atoms with E-state index in [2.05, 4.69) is 45.0 Å². The molecule has 0 saturated carbocycles.